The fourth-order valence-corrected chi connectivity index (χ4v) is 2.38. The zero-order valence-electron chi connectivity index (χ0n) is 9.84. The minimum atomic E-state index is -0.372. The van der Waals surface area contributed by atoms with Crippen LogP contribution in [-0.2, 0) is 16.0 Å². The summed E-state index contributed by atoms with van der Waals surface area (Å²) >= 11 is 0. The first kappa shape index (κ1) is 11.8. The summed E-state index contributed by atoms with van der Waals surface area (Å²) in [5.74, 6) is 0.260. The standard InChI is InChI=1S/C14H17NO2/c16-11-14(17)15-8-6-13(7-9-15)10-12-4-2-1-3-5-12/h1-5,11,13H,6-10H2. The van der Waals surface area contributed by atoms with E-state index in [1.165, 1.54) is 5.56 Å². The van der Waals surface area contributed by atoms with Crippen molar-refractivity contribution in [3.8, 4) is 0 Å². The van der Waals surface area contributed by atoms with E-state index >= 15 is 0 Å². The molecule has 0 atom stereocenters. The van der Waals surface area contributed by atoms with Crippen molar-refractivity contribution in [2.75, 3.05) is 13.1 Å². The summed E-state index contributed by atoms with van der Waals surface area (Å²) in [4.78, 5) is 23.2. The lowest BCUT2D eigenvalue weighted by molar-refractivity contribution is -0.139. The molecule has 1 fully saturated rings. The smallest absolute Gasteiger partial charge is 0.286 e. The van der Waals surface area contributed by atoms with Gasteiger partial charge in [-0.25, -0.2) is 0 Å². The van der Waals surface area contributed by atoms with Crippen LogP contribution < -0.4 is 0 Å². The summed E-state index contributed by atoms with van der Waals surface area (Å²) in [6, 6.07) is 10.4. The third kappa shape index (κ3) is 3.16. The van der Waals surface area contributed by atoms with Crippen LogP contribution in [0.15, 0.2) is 30.3 Å². The van der Waals surface area contributed by atoms with E-state index in [-0.39, 0.29) is 5.91 Å². The lowest BCUT2D eigenvalue weighted by Crippen LogP contribution is -2.39. The Morgan fingerprint density at radius 2 is 1.88 bits per heavy atom. The molecule has 1 aliphatic rings. The first-order chi connectivity index (χ1) is 8.29. The van der Waals surface area contributed by atoms with Gasteiger partial charge in [0.2, 0.25) is 6.29 Å². The van der Waals surface area contributed by atoms with E-state index in [1.54, 1.807) is 4.90 Å². The van der Waals surface area contributed by atoms with Gasteiger partial charge in [0.15, 0.2) is 0 Å². The van der Waals surface area contributed by atoms with Crippen LogP contribution in [0.25, 0.3) is 0 Å². The molecular weight excluding hydrogens is 214 g/mol. The molecule has 0 bridgehead atoms. The number of hydrogen-bond donors (Lipinski definition) is 0. The normalized spacial score (nSPS) is 16.8. The van der Waals surface area contributed by atoms with Gasteiger partial charge in [0.1, 0.15) is 0 Å². The fraction of sp³-hybridized carbons (Fsp3) is 0.429. The minimum Gasteiger partial charge on any atom is -0.336 e. The summed E-state index contributed by atoms with van der Waals surface area (Å²) in [6.45, 7) is 1.43. The van der Waals surface area contributed by atoms with Crippen molar-refractivity contribution in [1.29, 1.82) is 0 Å². The molecule has 0 N–H and O–H groups in total. The number of piperidine rings is 1. The number of nitrogens with zero attached hydrogens (tertiary/aromatic N) is 1. The first-order valence-electron chi connectivity index (χ1n) is 6.07. The van der Waals surface area contributed by atoms with Crippen molar-refractivity contribution in [2.24, 2.45) is 5.92 Å². The van der Waals surface area contributed by atoms with E-state index in [4.69, 9.17) is 0 Å². The topological polar surface area (TPSA) is 37.4 Å². The molecule has 17 heavy (non-hydrogen) atoms. The maximum absolute atomic E-state index is 11.2. The maximum Gasteiger partial charge on any atom is 0.286 e. The van der Waals surface area contributed by atoms with Crippen LogP contribution in [0.2, 0.25) is 0 Å². The molecule has 3 heteroatoms. The van der Waals surface area contributed by atoms with E-state index in [0.29, 0.717) is 12.2 Å². The van der Waals surface area contributed by atoms with Crippen molar-refractivity contribution in [3.05, 3.63) is 35.9 Å². The highest BCUT2D eigenvalue weighted by atomic mass is 16.2. The molecule has 2 rings (SSSR count). The van der Waals surface area contributed by atoms with Gasteiger partial charge in [0, 0.05) is 13.1 Å². The second-order valence-electron chi connectivity index (χ2n) is 4.58. The molecule has 1 aromatic carbocycles. The molecular formula is C14H17NO2. The number of carbonyl (C=O) groups excluding carboxylic acids is 2. The van der Waals surface area contributed by atoms with Crippen LogP contribution in [0.4, 0.5) is 0 Å². The number of carbonyl (C=O) groups is 2. The average molecular weight is 231 g/mol. The molecule has 1 saturated heterocycles. The van der Waals surface area contributed by atoms with Crippen molar-refractivity contribution >= 4 is 12.2 Å². The van der Waals surface area contributed by atoms with Gasteiger partial charge >= 0.3 is 0 Å². The van der Waals surface area contributed by atoms with Gasteiger partial charge < -0.3 is 4.90 Å². The van der Waals surface area contributed by atoms with Gasteiger partial charge in [0.25, 0.3) is 5.91 Å². The van der Waals surface area contributed by atoms with Gasteiger partial charge in [0.05, 0.1) is 0 Å². The second-order valence-corrected chi connectivity index (χ2v) is 4.58. The van der Waals surface area contributed by atoms with E-state index in [2.05, 4.69) is 24.3 Å². The third-order valence-electron chi connectivity index (χ3n) is 3.39. The quantitative estimate of drug-likeness (QED) is 0.586. The highest BCUT2D eigenvalue weighted by Gasteiger charge is 2.22. The lowest BCUT2D eigenvalue weighted by atomic mass is 9.90. The molecule has 0 aromatic heterocycles. The molecule has 0 spiro atoms. The summed E-state index contributed by atoms with van der Waals surface area (Å²) in [5, 5.41) is 0. The third-order valence-corrected chi connectivity index (χ3v) is 3.39. The second kappa shape index (κ2) is 5.62. The summed E-state index contributed by atoms with van der Waals surface area (Å²) in [7, 11) is 0. The summed E-state index contributed by atoms with van der Waals surface area (Å²) in [6.07, 6.45) is 3.48. The molecule has 1 amide bonds. The maximum atomic E-state index is 11.2. The number of benzene rings is 1. The molecule has 0 radical (unpaired) electrons. The van der Waals surface area contributed by atoms with Crippen LogP contribution >= 0.6 is 0 Å². The van der Waals surface area contributed by atoms with Gasteiger partial charge in [-0.3, -0.25) is 9.59 Å². The number of rotatable bonds is 3. The van der Waals surface area contributed by atoms with Gasteiger partial charge in [-0.15, -0.1) is 0 Å². The van der Waals surface area contributed by atoms with Gasteiger partial charge in [-0.2, -0.15) is 0 Å². The van der Waals surface area contributed by atoms with E-state index in [9.17, 15) is 9.59 Å². The van der Waals surface area contributed by atoms with E-state index < -0.39 is 0 Å². The Kier molecular flexibility index (Phi) is 3.91. The number of aldehydes is 1. The Hall–Kier alpha value is -1.64. The molecule has 1 heterocycles. The van der Waals surface area contributed by atoms with Crippen LogP contribution in [0.1, 0.15) is 18.4 Å². The van der Waals surface area contributed by atoms with Crippen LogP contribution in [-0.4, -0.2) is 30.2 Å². The Morgan fingerprint density at radius 3 is 2.47 bits per heavy atom. The van der Waals surface area contributed by atoms with Crippen molar-refractivity contribution < 1.29 is 9.59 Å². The van der Waals surface area contributed by atoms with E-state index in [0.717, 1.165) is 32.4 Å². The zero-order valence-corrected chi connectivity index (χ0v) is 9.84. The minimum absolute atomic E-state index is 0.372. The Balaban J connectivity index is 1.83. The van der Waals surface area contributed by atoms with Crippen LogP contribution in [0.3, 0.4) is 0 Å². The summed E-state index contributed by atoms with van der Waals surface area (Å²) in [5.41, 5.74) is 1.35. The average Bonchev–Trinajstić information content (AvgIpc) is 2.40. The zero-order chi connectivity index (χ0) is 12.1. The van der Waals surface area contributed by atoms with E-state index in [1.807, 2.05) is 6.07 Å². The lowest BCUT2D eigenvalue weighted by Gasteiger charge is -2.30. The van der Waals surface area contributed by atoms with Crippen LogP contribution in [0, 0.1) is 5.92 Å². The predicted molar refractivity (Wildman–Crippen MR) is 65.5 cm³/mol. The van der Waals surface area contributed by atoms with Crippen molar-refractivity contribution in [2.45, 2.75) is 19.3 Å². The van der Waals surface area contributed by atoms with Crippen molar-refractivity contribution in [1.82, 2.24) is 4.90 Å². The van der Waals surface area contributed by atoms with Crippen LogP contribution in [0.5, 0.6) is 0 Å². The van der Waals surface area contributed by atoms with Crippen molar-refractivity contribution in [3.63, 3.8) is 0 Å². The first-order valence-corrected chi connectivity index (χ1v) is 6.07. The Morgan fingerprint density at radius 1 is 1.24 bits per heavy atom. The highest BCUT2D eigenvalue weighted by Crippen LogP contribution is 2.21. The molecule has 0 unspecified atom stereocenters. The highest BCUT2D eigenvalue weighted by molar-refractivity contribution is 6.23. The molecule has 90 valence electrons. The molecule has 1 aliphatic heterocycles. The number of amides is 1. The molecule has 0 saturated carbocycles. The molecule has 0 aliphatic carbocycles. The largest absolute Gasteiger partial charge is 0.336 e. The van der Waals surface area contributed by atoms with Gasteiger partial charge in [-0.1, -0.05) is 30.3 Å². The predicted octanol–water partition coefficient (Wildman–Crippen LogP) is 1.67. The monoisotopic (exact) mass is 231 g/mol. The number of hydrogen-bond acceptors (Lipinski definition) is 2. The Labute approximate surface area is 101 Å². The Bertz CT molecular complexity index is 380. The molecule has 1 aromatic rings. The molecule has 3 nitrogen and oxygen atoms in total. The number of likely N-dealkylation sites (tertiary alicyclic amines) is 1. The SMILES string of the molecule is O=CC(=O)N1CCC(Cc2ccccc2)CC1. The summed E-state index contributed by atoms with van der Waals surface area (Å²) < 4.78 is 0. The van der Waals surface area contributed by atoms with Gasteiger partial charge in [-0.05, 0) is 30.7 Å². The fourth-order valence-electron chi connectivity index (χ4n) is 2.38.